The Morgan fingerprint density at radius 1 is 1.00 bits per heavy atom. The lowest BCUT2D eigenvalue weighted by Crippen LogP contribution is -2.20. The molecule has 0 aliphatic rings. The second-order valence-corrected chi connectivity index (χ2v) is 5.11. The van der Waals surface area contributed by atoms with E-state index in [2.05, 4.69) is 19.2 Å². The summed E-state index contributed by atoms with van der Waals surface area (Å²) < 4.78 is 0. The van der Waals surface area contributed by atoms with Crippen molar-refractivity contribution in [2.24, 2.45) is 0 Å². The molecule has 2 aromatic rings. The van der Waals surface area contributed by atoms with Crippen LogP contribution in [0, 0.1) is 0 Å². The Hall–Kier alpha value is -2.29. The van der Waals surface area contributed by atoms with E-state index in [-0.39, 0.29) is 0 Å². The predicted molar refractivity (Wildman–Crippen MR) is 81.0 cm³/mol. The predicted octanol–water partition coefficient (Wildman–Crippen LogP) is 4.05. The lowest BCUT2D eigenvalue weighted by molar-refractivity contribution is -0.138. The van der Waals surface area contributed by atoms with E-state index in [1.54, 1.807) is 0 Å². The lowest BCUT2D eigenvalue weighted by Gasteiger charge is -2.17. The van der Waals surface area contributed by atoms with Gasteiger partial charge in [0.1, 0.15) is 0 Å². The van der Waals surface area contributed by atoms with Crippen LogP contribution in [-0.4, -0.2) is 11.1 Å². The van der Waals surface area contributed by atoms with Crippen molar-refractivity contribution in [3.8, 4) is 0 Å². The summed E-state index contributed by atoms with van der Waals surface area (Å²) in [6.07, 6.45) is 0. The zero-order valence-electron chi connectivity index (χ0n) is 11.7. The standard InChI is InChI=1S/C17H19NO2/c1-12(2)14-9-6-10-15(11-14)18-16(17(19)20)13-7-4-3-5-8-13/h3-12,16,18H,1-2H3,(H,19,20). The van der Waals surface area contributed by atoms with E-state index in [4.69, 9.17) is 0 Å². The molecule has 20 heavy (non-hydrogen) atoms. The number of hydrogen-bond donors (Lipinski definition) is 2. The number of rotatable bonds is 5. The van der Waals surface area contributed by atoms with Crippen molar-refractivity contribution >= 4 is 11.7 Å². The summed E-state index contributed by atoms with van der Waals surface area (Å²) in [4.78, 5) is 11.5. The van der Waals surface area contributed by atoms with E-state index >= 15 is 0 Å². The molecule has 0 heterocycles. The van der Waals surface area contributed by atoms with Gasteiger partial charge >= 0.3 is 5.97 Å². The Morgan fingerprint density at radius 3 is 2.25 bits per heavy atom. The lowest BCUT2D eigenvalue weighted by atomic mass is 10.0. The van der Waals surface area contributed by atoms with Gasteiger partial charge in [-0.05, 0) is 29.2 Å². The van der Waals surface area contributed by atoms with Crippen LogP contribution in [0.1, 0.15) is 36.9 Å². The number of anilines is 1. The average molecular weight is 269 g/mol. The first-order valence-corrected chi connectivity index (χ1v) is 6.72. The van der Waals surface area contributed by atoms with E-state index in [9.17, 15) is 9.90 Å². The molecule has 0 radical (unpaired) electrons. The fourth-order valence-electron chi connectivity index (χ4n) is 2.09. The summed E-state index contributed by atoms with van der Waals surface area (Å²) in [7, 11) is 0. The quantitative estimate of drug-likeness (QED) is 0.861. The van der Waals surface area contributed by atoms with Crippen LogP contribution in [0.5, 0.6) is 0 Å². The van der Waals surface area contributed by atoms with Gasteiger partial charge in [0.2, 0.25) is 0 Å². The van der Waals surface area contributed by atoms with Gasteiger partial charge in [0.05, 0.1) is 0 Å². The molecule has 2 aromatic carbocycles. The minimum atomic E-state index is -0.883. The van der Waals surface area contributed by atoms with Crippen LogP contribution >= 0.6 is 0 Å². The van der Waals surface area contributed by atoms with Crippen LogP contribution in [0.3, 0.4) is 0 Å². The summed E-state index contributed by atoms with van der Waals surface area (Å²) in [5.74, 6) is -0.470. The Bertz CT molecular complexity index is 579. The van der Waals surface area contributed by atoms with Crippen LogP contribution in [0.2, 0.25) is 0 Å². The highest BCUT2D eigenvalue weighted by atomic mass is 16.4. The molecule has 0 aliphatic carbocycles. The SMILES string of the molecule is CC(C)c1cccc(NC(C(=O)O)c2ccccc2)c1. The van der Waals surface area contributed by atoms with Crippen LogP contribution in [-0.2, 0) is 4.79 Å². The molecule has 0 saturated heterocycles. The van der Waals surface area contributed by atoms with E-state index < -0.39 is 12.0 Å². The van der Waals surface area contributed by atoms with Gasteiger partial charge < -0.3 is 10.4 Å². The molecule has 104 valence electrons. The van der Waals surface area contributed by atoms with Crippen molar-refractivity contribution in [2.45, 2.75) is 25.8 Å². The van der Waals surface area contributed by atoms with E-state index in [0.717, 1.165) is 11.3 Å². The smallest absolute Gasteiger partial charge is 0.330 e. The van der Waals surface area contributed by atoms with Crippen molar-refractivity contribution in [2.75, 3.05) is 5.32 Å². The molecule has 2 N–H and O–H groups in total. The van der Waals surface area contributed by atoms with E-state index in [0.29, 0.717) is 5.92 Å². The average Bonchev–Trinajstić information content (AvgIpc) is 2.45. The van der Waals surface area contributed by atoms with Crippen molar-refractivity contribution < 1.29 is 9.90 Å². The van der Waals surface area contributed by atoms with Crippen LogP contribution < -0.4 is 5.32 Å². The molecule has 0 aromatic heterocycles. The number of nitrogens with one attached hydrogen (secondary N) is 1. The number of benzene rings is 2. The van der Waals surface area contributed by atoms with Gasteiger partial charge in [-0.2, -0.15) is 0 Å². The van der Waals surface area contributed by atoms with Gasteiger partial charge in [0.25, 0.3) is 0 Å². The summed E-state index contributed by atoms with van der Waals surface area (Å²) >= 11 is 0. The molecular formula is C17H19NO2. The van der Waals surface area contributed by atoms with Crippen molar-refractivity contribution in [1.29, 1.82) is 0 Å². The molecule has 2 rings (SSSR count). The summed E-state index contributed by atoms with van der Waals surface area (Å²) in [5.41, 5.74) is 2.76. The van der Waals surface area contributed by atoms with E-state index in [1.165, 1.54) is 5.56 Å². The molecule has 0 fully saturated rings. The maximum Gasteiger partial charge on any atom is 0.330 e. The van der Waals surface area contributed by atoms with Crippen molar-refractivity contribution in [1.82, 2.24) is 0 Å². The number of carboxylic acids is 1. The third-order valence-electron chi connectivity index (χ3n) is 3.24. The number of carbonyl (C=O) groups is 1. The third-order valence-corrected chi connectivity index (χ3v) is 3.24. The van der Waals surface area contributed by atoms with Gasteiger partial charge in [-0.1, -0.05) is 56.3 Å². The van der Waals surface area contributed by atoms with Gasteiger partial charge in [-0.3, -0.25) is 0 Å². The molecule has 1 atom stereocenters. The first-order chi connectivity index (χ1) is 9.58. The number of hydrogen-bond acceptors (Lipinski definition) is 2. The molecule has 0 aliphatic heterocycles. The minimum absolute atomic E-state index is 0.414. The van der Waals surface area contributed by atoms with Crippen molar-refractivity contribution in [3.63, 3.8) is 0 Å². The van der Waals surface area contributed by atoms with Crippen LogP contribution in [0.25, 0.3) is 0 Å². The summed E-state index contributed by atoms with van der Waals surface area (Å²) in [5, 5.41) is 12.5. The molecule has 0 spiro atoms. The monoisotopic (exact) mass is 269 g/mol. The van der Waals surface area contributed by atoms with Crippen molar-refractivity contribution in [3.05, 3.63) is 65.7 Å². The van der Waals surface area contributed by atoms with Gasteiger partial charge in [-0.25, -0.2) is 4.79 Å². The van der Waals surface area contributed by atoms with E-state index in [1.807, 2.05) is 54.6 Å². The third kappa shape index (κ3) is 3.38. The number of carboxylic acid groups (broad SMARTS) is 1. The van der Waals surface area contributed by atoms with Gasteiger partial charge in [-0.15, -0.1) is 0 Å². The second kappa shape index (κ2) is 6.24. The minimum Gasteiger partial charge on any atom is -0.479 e. The highest BCUT2D eigenvalue weighted by Crippen LogP contribution is 2.23. The summed E-state index contributed by atoms with van der Waals surface area (Å²) in [6, 6.07) is 16.4. The number of aliphatic carboxylic acids is 1. The normalized spacial score (nSPS) is 12.2. The van der Waals surface area contributed by atoms with Gasteiger partial charge in [0, 0.05) is 5.69 Å². The fraction of sp³-hybridized carbons (Fsp3) is 0.235. The topological polar surface area (TPSA) is 49.3 Å². The first-order valence-electron chi connectivity index (χ1n) is 6.72. The highest BCUT2D eigenvalue weighted by Gasteiger charge is 2.19. The zero-order chi connectivity index (χ0) is 14.5. The molecule has 0 bridgehead atoms. The largest absolute Gasteiger partial charge is 0.479 e. The first kappa shape index (κ1) is 14.1. The Morgan fingerprint density at radius 2 is 1.65 bits per heavy atom. The zero-order valence-corrected chi connectivity index (χ0v) is 11.7. The van der Waals surface area contributed by atoms with Crippen LogP contribution in [0.15, 0.2) is 54.6 Å². The summed E-state index contributed by atoms with van der Waals surface area (Å²) in [6.45, 7) is 4.23. The Balaban J connectivity index is 2.25. The fourth-order valence-corrected chi connectivity index (χ4v) is 2.09. The molecule has 0 amide bonds. The maximum absolute atomic E-state index is 11.5. The molecule has 3 heteroatoms. The second-order valence-electron chi connectivity index (χ2n) is 5.11. The van der Waals surface area contributed by atoms with Crippen LogP contribution in [0.4, 0.5) is 5.69 Å². The Labute approximate surface area is 119 Å². The highest BCUT2D eigenvalue weighted by molar-refractivity contribution is 5.79. The van der Waals surface area contributed by atoms with Gasteiger partial charge in [0.15, 0.2) is 6.04 Å². The molecule has 3 nitrogen and oxygen atoms in total. The maximum atomic E-state index is 11.5. The molecule has 1 unspecified atom stereocenters. The Kier molecular flexibility index (Phi) is 4.41. The molecular weight excluding hydrogens is 250 g/mol. The molecule has 0 saturated carbocycles.